The lowest BCUT2D eigenvalue weighted by Crippen LogP contribution is -2.01. The van der Waals surface area contributed by atoms with Gasteiger partial charge in [-0.1, -0.05) is 6.07 Å². The van der Waals surface area contributed by atoms with Crippen molar-refractivity contribution in [2.45, 2.75) is 46.5 Å². The molecule has 21 heavy (non-hydrogen) atoms. The highest BCUT2D eigenvalue weighted by Gasteiger charge is 2.18. The van der Waals surface area contributed by atoms with Crippen LogP contribution in [0.5, 0.6) is 0 Å². The molecule has 0 saturated carbocycles. The molecule has 0 radical (unpaired) electrons. The van der Waals surface area contributed by atoms with Crippen LogP contribution in [-0.2, 0) is 12.8 Å². The summed E-state index contributed by atoms with van der Waals surface area (Å²) in [6.45, 7) is 6.54. The highest BCUT2D eigenvalue weighted by molar-refractivity contribution is 7.17. The molecule has 0 saturated heterocycles. The number of aromatic nitrogens is 2. The minimum Gasteiger partial charge on any atom is -0.294 e. The van der Waals surface area contributed by atoms with E-state index in [0.29, 0.717) is 0 Å². The second kappa shape index (κ2) is 4.70. The fraction of sp³-hybridized carbons (Fsp3) is 0.389. The van der Waals surface area contributed by atoms with Crippen LogP contribution in [0.4, 0.5) is 0 Å². The first-order chi connectivity index (χ1) is 10.1. The van der Waals surface area contributed by atoms with E-state index in [9.17, 15) is 0 Å². The van der Waals surface area contributed by atoms with Gasteiger partial charge < -0.3 is 0 Å². The Morgan fingerprint density at radius 1 is 1.00 bits per heavy atom. The Bertz CT molecular complexity index is 839. The second-order valence-corrected chi connectivity index (χ2v) is 7.27. The summed E-state index contributed by atoms with van der Waals surface area (Å²) in [4.78, 5) is 7.61. The molecule has 0 fully saturated rings. The summed E-state index contributed by atoms with van der Waals surface area (Å²) in [5, 5.41) is 0. The molecule has 0 aliphatic heterocycles. The Morgan fingerprint density at radius 2 is 1.76 bits per heavy atom. The number of imidazole rings is 1. The minimum absolute atomic E-state index is 1.12. The first-order valence-corrected chi connectivity index (χ1v) is 8.53. The lowest BCUT2D eigenvalue weighted by Gasteiger charge is -2.10. The number of hydrogen-bond donors (Lipinski definition) is 0. The lowest BCUT2D eigenvalue weighted by atomic mass is 9.99. The van der Waals surface area contributed by atoms with Crippen molar-refractivity contribution in [2.24, 2.45) is 0 Å². The molecule has 0 amide bonds. The van der Waals surface area contributed by atoms with Crippen LogP contribution < -0.4 is 0 Å². The van der Waals surface area contributed by atoms with Gasteiger partial charge in [-0.2, -0.15) is 0 Å². The smallest absolute Gasteiger partial charge is 0.194 e. The third kappa shape index (κ3) is 2.03. The van der Waals surface area contributed by atoms with E-state index in [-0.39, 0.29) is 0 Å². The maximum absolute atomic E-state index is 4.90. The number of benzene rings is 1. The zero-order valence-corrected chi connectivity index (χ0v) is 13.7. The summed E-state index contributed by atoms with van der Waals surface area (Å²) < 4.78 is 2.34. The second-order valence-electron chi connectivity index (χ2n) is 6.21. The first-order valence-electron chi connectivity index (χ1n) is 7.71. The SMILES string of the molecule is Cc1cc(C)c(-c2cn3c4c(sc3n2)CCCC4)cc1C. The molecule has 108 valence electrons. The molecule has 1 aliphatic rings. The number of thiazole rings is 1. The summed E-state index contributed by atoms with van der Waals surface area (Å²) in [7, 11) is 0. The van der Waals surface area contributed by atoms with Gasteiger partial charge in [0.15, 0.2) is 4.96 Å². The Kier molecular flexibility index (Phi) is 2.93. The van der Waals surface area contributed by atoms with Crippen LogP contribution in [0.25, 0.3) is 16.2 Å². The molecular weight excluding hydrogens is 276 g/mol. The molecule has 0 unspecified atom stereocenters. The van der Waals surface area contributed by atoms with Crippen LogP contribution in [0.1, 0.15) is 40.1 Å². The highest BCUT2D eigenvalue weighted by Crippen LogP contribution is 2.33. The van der Waals surface area contributed by atoms with Gasteiger partial charge in [-0.25, -0.2) is 4.98 Å². The zero-order chi connectivity index (χ0) is 14.6. The fourth-order valence-corrected chi connectivity index (χ4v) is 4.52. The van der Waals surface area contributed by atoms with Crippen molar-refractivity contribution in [2.75, 3.05) is 0 Å². The van der Waals surface area contributed by atoms with E-state index in [1.54, 1.807) is 4.88 Å². The van der Waals surface area contributed by atoms with Gasteiger partial charge in [0.2, 0.25) is 0 Å². The molecule has 2 heterocycles. The molecular formula is C18H20N2S. The Morgan fingerprint density at radius 3 is 2.62 bits per heavy atom. The average molecular weight is 296 g/mol. The van der Waals surface area contributed by atoms with Gasteiger partial charge in [0.25, 0.3) is 0 Å². The molecule has 3 heteroatoms. The summed E-state index contributed by atoms with van der Waals surface area (Å²) in [6, 6.07) is 4.55. The van der Waals surface area contributed by atoms with Gasteiger partial charge in [0.05, 0.1) is 5.69 Å². The number of nitrogens with zero attached hydrogens (tertiary/aromatic N) is 2. The van der Waals surface area contributed by atoms with Crippen LogP contribution in [-0.4, -0.2) is 9.38 Å². The molecule has 0 spiro atoms. The maximum Gasteiger partial charge on any atom is 0.194 e. The van der Waals surface area contributed by atoms with Crippen LogP contribution in [0, 0.1) is 20.8 Å². The van der Waals surface area contributed by atoms with Crippen molar-refractivity contribution in [3.63, 3.8) is 0 Å². The molecule has 2 aromatic heterocycles. The molecule has 3 aromatic rings. The standard InChI is InChI=1S/C18H20N2S/c1-11-8-13(3)14(9-12(11)2)15-10-20-16-6-4-5-7-17(16)21-18(20)19-15/h8-10H,4-7H2,1-3H3. The van der Waals surface area contributed by atoms with Crippen molar-refractivity contribution in [1.29, 1.82) is 0 Å². The third-order valence-electron chi connectivity index (χ3n) is 4.68. The van der Waals surface area contributed by atoms with Crippen molar-refractivity contribution >= 4 is 16.3 Å². The van der Waals surface area contributed by atoms with Gasteiger partial charge >= 0.3 is 0 Å². The lowest BCUT2D eigenvalue weighted by molar-refractivity contribution is 0.674. The van der Waals surface area contributed by atoms with E-state index in [1.165, 1.54) is 53.6 Å². The van der Waals surface area contributed by atoms with Gasteiger partial charge in [-0.3, -0.25) is 4.40 Å². The topological polar surface area (TPSA) is 17.3 Å². The van der Waals surface area contributed by atoms with E-state index in [4.69, 9.17) is 4.98 Å². The molecule has 0 bridgehead atoms. The third-order valence-corrected chi connectivity index (χ3v) is 5.84. The zero-order valence-electron chi connectivity index (χ0n) is 12.9. The normalized spacial score (nSPS) is 14.6. The van der Waals surface area contributed by atoms with Gasteiger partial charge in [-0.05, 0) is 69.2 Å². The highest BCUT2D eigenvalue weighted by atomic mass is 32.1. The Hall–Kier alpha value is -1.61. The average Bonchev–Trinajstić information content (AvgIpc) is 3.00. The van der Waals surface area contributed by atoms with Crippen molar-refractivity contribution < 1.29 is 0 Å². The van der Waals surface area contributed by atoms with Crippen molar-refractivity contribution in [3.05, 3.63) is 45.6 Å². The van der Waals surface area contributed by atoms with E-state index in [0.717, 1.165) is 10.7 Å². The minimum atomic E-state index is 1.12. The summed E-state index contributed by atoms with van der Waals surface area (Å²) in [5.74, 6) is 0. The molecule has 0 atom stereocenters. The maximum atomic E-state index is 4.90. The summed E-state index contributed by atoms with van der Waals surface area (Å²) in [5.41, 5.74) is 7.91. The molecule has 1 aliphatic carbocycles. The number of hydrogen-bond acceptors (Lipinski definition) is 2. The van der Waals surface area contributed by atoms with Gasteiger partial charge in [-0.15, -0.1) is 11.3 Å². The largest absolute Gasteiger partial charge is 0.294 e. The number of aryl methyl sites for hydroxylation is 5. The Balaban J connectivity index is 1.88. The van der Waals surface area contributed by atoms with Crippen LogP contribution in [0.3, 0.4) is 0 Å². The van der Waals surface area contributed by atoms with Gasteiger partial charge in [0, 0.05) is 22.3 Å². The van der Waals surface area contributed by atoms with Crippen LogP contribution in [0.15, 0.2) is 18.3 Å². The van der Waals surface area contributed by atoms with E-state index in [2.05, 4.69) is 43.5 Å². The van der Waals surface area contributed by atoms with Crippen LogP contribution in [0.2, 0.25) is 0 Å². The molecule has 2 nitrogen and oxygen atoms in total. The van der Waals surface area contributed by atoms with Crippen molar-refractivity contribution in [1.82, 2.24) is 9.38 Å². The molecule has 0 N–H and O–H groups in total. The van der Waals surface area contributed by atoms with Gasteiger partial charge in [0.1, 0.15) is 0 Å². The summed E-state index contributed by atoms with van der Waals surface area (Å²) >= 11 is 1.88. The van der Waals surface area contributed by atoms with E-state index >= 15 is 0 Å². The van der Waals surface area contributed by atoms with E-state index in [1.807, 2.05) is 11.3 Å². The molecule has 1 aromatic carbocycles. The fourth-order valence-electron chi connectivity index (χ4n) is 3.33. The summed E-state index contributed by atoms with van der Waals surface area (Å²) in [6.07, 6.45) is 7.33. The predicted octanol–water partition coefficient (Wildman–Crippen LogP) is 4.87. The van der Waals surface area contributed by atoms with E-state index < -0.39 is 0 Å². The quantitative estimate of drug-likeness (QED) is 0.626. The molecule has 4 rings (SSSR count). The number of rotatable bonds is 1. The predicted molar refractivity (Wildman–Crippen MR) is 89.4 cm³/mol. The van der Waals surface area contributed by atoms with Crippen molar-refractivity contribution in [3.8, 4) is 11.3 Å². The Labute approximate surface area is 129 Å². The number of fused-ring (bicyclic) bond motifs is 3. The van der Waals surface area contributed by atoms with Crippen LogP contribution >= 0.6 is 11.3 Å². The monoisotopic (exact) mass is 296 g/mol. The first kappa shape index (κ1) is 13.1.